The molecule has 186 valence electrons. The van der Waals surface area contributed by atoms with Gasteiger partial charge in [0.05, 0.1) is 12.1 Å². The first-order chi connectivity index (χ1) is 16.7. The highest BCUT2D eigenvalue weighted by Gasteiger charge is 2.18. The van der Waals surface area contributed by atoms with Crippen LogP contribution >= 0.6 is 34.5 Å². The average molecular weight is 534 g/mol. The largest absolute Gasteiger partial charge is 0.369 e. The Morgan fingerprint density at radius 2 is 1.54 bits per heavy atom. The summed E-state index contributed by atoms with van der Waals surface area (Å²) in [4.78, 5) is 32.5. The maximum atomic E-state index is 12.9. The Morgan fingerprint density at radius 1 is 0.943 bits per heavy atom. The van der Waals surface area contributed by atoms with E-state index < -0.39 is 0 Å². The molecule has 6 nitrogen and oxygen atoms in total. The van der Waals surface area contributed by atoms with Crippen LogP contribution in [0, 0.1) is 27.7 Å². The number of aromatic nitrogens is 1. The third-order valence-corrected chi connectivity index (χ3v) is 6.95. The van der Waals surface area contributed by atoms with Crippen LogP contribution in [-0.2, 0) is 11.2 Å². The number of halogens is 2. The Morgan fingerprint density at radius 3 is 2.11 bits per heavy atom. The van der Waals surface area contributed by atoms with Crippen LogP contribution in [0.15, 0.2) is 36.4 Å². The number of hydrogen-bond donors (Lipinski definition) is 2. The van der Waals surface area contributed by atoms with E-state index in [0.717, 1.165) is 33.6 Å². The summed E-state index contributed by atoms with van der Waals surface area (Å²) < 4.78 is 0. The van der Waals surface area contributed by atoms with Crippen LogP contribution in [0.2, 0.25) is 0 Å². The topological polar surface area (TPSA) is 74.3 Å². The van der Waals surface area contributed by atoms with Crippen LogP contribution in [0.25, 0.3) is 0 Å². The van der Waals surface area contributed by atoms with Crippen molar-refractivity contribution in [2.75, 3.05) is 40.4 Å². The molecular formula is C26H30Cl2N4O2S. The Hall–Kier alpha value is -2.61. The third-order valence-electron chi connectivity index (χ3n) is 5.54. The van der Waals surface area contributed by atoms with Crippen LogP contribution in [-0.4, -0.2) is 41.6 Å². The van der Waals surface area contributed by atoms with Gasteiger partial charge in [-0.15, -0.1) is 23.2 Å². The van der Waals surface area contributed by atoms with Gasteiger partial charge in [0.25, 0.3) is 5.91 Å². The normalized spacial score (nSPS) is 10.8. The summed E-state index contributed by atoms with van der Waals surface area (Å²) in [6.45, 7) is 9.15. The summed E-state index contributed by atoms with van der Waals surface area (Å²) in [5.41, 5.74) is 6.43. The number of carbonyl (C=O) groups is 2. The lowest BCUT2D eigenvalue weighted by Crippen LogP contribution is -2.27. The predicted molar refractivity (Wildman–Crippen MR) is 148 cm³/mol. The van der Waals surface area contributed by atoms with Crippen molar-refractivity contribution in [3.05, 3.63) is 69.2 Å². The van der Waals surface area contributed by atoms with Crippen LogP contribution in [0.1, 0.15) is 37.6 Å². The molecule has 2 aromatic carbocycles. The number of hydrogen-bond acceptors (Lipinski definition) is 5. The summed E-state index contributed by atoms with van der Waals surface area (Å²) in [7, 11) is 0. The van der Waals surface area contributed by atoms with Gasteiger partial charge in [0.15, 0.2) is 5.13 Å². The zero-order valence-electron chi connectivity index (χ0n) is 20.4. The number of rotatable bonds is 10. The van der Waals surface area contributed by atoms with Crippen molar-refractivity contribution in [1.29, 1.82) is 0 Å². The van der Waals surface area contributed by atoms with E-state index in [1.807, 2.05) is 57.2 Å². The lowest BCUT2D eigenvalue weighted by Gasteiger charge is -2.23. The molecule has 0 saturated heterocycles. The van der Waals surface area contributed by atoms with E-state index in [2.05, 4.69) is 20.5 Å². The van der Waals surface area contributed by atoms with Gasteiger partial charge in [0, 0.05) is 36.2 Å². The Bertz CT molecular complexity index is 1170. The summed E-state index contributed by atoms with van der Waals surface area (Å²) in [5, 5.41) is 6.23. The molecule has 0 spiro atoms. The zero-order chi connectivity index (χ0) is 25.5. The van der Waals surface area contributed by atoms with E-state index in [9.17, 15) is 9.59 Å². The van der Waals surface area contributed by atoms with Gasteiger partial charge < -0.3 is 15.5 Å². The highest BCUT2D eigenvalue weighted by molar-refractivity contribution is 7.17. The molecule has 0 bridgehead atoms. The van der Waals surface area contributed by atoms with Crippen LogP contribution < -0.4 is 15.5 Å². The summed E-state index contributed by atoms with van der Waals surface area (Å²) >= 11 is 12.9. The van der Waals surface area contributed by atoms with Gasteiger partial charge in [-0.3, -0.25) is 9.59 Å². The number of nitrogens with one attached hydrogen (secondary N) is 2. The zero-order valence-corrected chi connectivity index (χ0v) is 22.7. The molecule has 2 amide bonds. The van der Waals surface area contributed by atoms with Gasteiger partial charge in [-0.25, -0.2) is 4.98 Å². The van der Waals surface area contributed by atoms with Crippen molar-refractivity contribution in [1.82, 2.24) is 4.98 Å². The van der Waals surface area contributed by atoms with Crippen molar-refractivity contribution < 1.29 is 9.59 Å². The fraction of sp³-hybridized carbons (Fsp3) is 0.346. The molecule has 0 aliphatic heterocycles. The number of carbonyl (C=O) groups excluding carboxylic acids is 2. The average Bonchev–Trinajstić information content (AvgIpc) is 3.16. The molecule has 0 atom stereocenters. The first-order valence-corrected chi connectivity index (χ1v) is 13.2. The SMILES string of the molecule is Cc1cc(C)c(NC(=O)c2sc(NC(=O)Cc3ccc(N(CCCl)CCCl)cc3)nc2C)c(C)c1. The quantitative estimate of drug-likeness (QED) is 0.309. The van der Waals surface area contributed by atoms with Gasteiger partial charge in [-0.05, 0) is 56.5 Å². The molecule has 2 N–H and O–H groups in total. The maximum Gasteiger partial charge on any atom is 0.267 e. The van der Waals surface area contributed by atoms with E-state index >= 15 is 0 Å². The lowest BCUT2D eigenvalue weighted by molar-refractivity contribution is -0.115. The second-order valence-electron chi connectivity index (χ2n) is 8.42. The molecule has 1 heterocycles. The van der Waals surface area contributed by atoms with Crippen molar-refractivity contribution in [2.24, 2.45) is 0 Å². The minimum atomic E-state index is -0.232. The third kappa shape index (κ3) is 7.19. The lowest BCUT2D eigenvalue weighted by atomic mass is 10.1. The minimum absolute atomic E-state index is 0.193. The van der Waals surface area contributed by atoms with E-state index in [1.165, 1.54) is 11.3 Å². The molecule has 0 radical (unpaired) electrons. The standard InChI is InChI=1S/C26H30Cl2N4O2S/c1-16-13-17(2)23(18(3)14-16)31-25(34)24-19(4)29-26(35-24)30-22(33)15-20-5-7-21(8-6-20)32(11-9-27)12-10-28/h5-8,13-14H,9-12,15H2,1-4H3,(H,31,34)(H,29,30,33). The molecule has 0 fully saturated rings. The predicted octanol–water partition coefficient (Wildman–Crippen LogP) is 6.09. The summed E-state index contributed by atoms with van der Waals surface area (Å²) in [6.07, 6.45) is 0.202. The molecule has 3 rings (SSSR count). The highest BCUT2D eigenvalue weighted by Crippen LogP contribution is 2.27. The molecule has 35 heavy (non-hydrogen) atoms. The van der Waals surface area contributed by atoms with Crippen molar-refractivity contribution >= 4 is 62.9 Å². The Labute approximate surface area is 220 Å². The van der Waals surface area contributed by atoms with Crippen molar-refractivity contribution in [3.63, 3.8) is 0 Å². The van der Waals surface area contributed by atoms with Gasteiger partial charge in [-0.1, -0.05) is 41.2 Å². The van der Waals surface area contributed by atoms with Gasteiger partial charge in [0.1, 0.15) is 4.88 Å². The Balaban J connectivity index is 1.63. The molecule has 9 heteroatoms. The first kappa shape index (κ1) is 27.0. The number of nitrogens with zero attached hydrogens (tertiary/aromatic N) is 2. The van der Waals surface area contributed by atoms with Crippen LogP contribution in [0.4, 0.5) is 16.5 Å². The van der Waals surface area contributed by atoms with E-state index in [0.29, 0.717) is 40.6 Å². The molecule has 0 unspecified atom stereocenters. The number of amides is 2. The van der Waals surface area contributed by atoms with E-state index in [4.69, 9.17) is 23.2 Å². The van der Waals surface area contributed by atoms with Crippen LogP contribution in [0.5, 0.6) is 0 Å². The maximum absolute atomic E-state index is 12.9. The van der Waals surface area contributed by atoms with E-state index in [-0.39, 0.29) is 18.2 Å². The second-order valence-corrected chi connectivity index (χ2v) is 10.2. The number of thiazole rings is 1. The number of alkyl halides is 2. The molecule has 0 saturated carbocycles. The highest BCUT2D eigenvalue weighted by atomic mass is 35.5. The van der Waals surface area contributed by atoms with Crippen molar-refractivity contribution in [2.45, 2.75) is 34.1 Å². The first-order valence-electron chi connectivity index (χ1n) is 11.3. The minimum Gasteiger partial charge on any atom is -0.369 e. The summed E-state index contributed by atoms with van der Waals surface area (Å²) in [5.74, 6) is 0.600. The van der Waals surface area contributed by atoms with Crippen LogP contribution in [0.3, 0.4) is 0 Å². The van der Waals surface area contributed by atoms with E-state index in [1.54, 1.807) is 6.92 Å². The van der Waals surface area contributed by atoms with Gasteiger partial charge in [-0.2, -0.15) is 0 Å². The van der Waals surface area contributed by atoms with Gasteiger partial charge in [0.2, 0.25) is 5.91 Å². The fourth-order valence-corrected chi connectivity index (χ4v) is 5.24. The molecule has 0 aliphatic rings. The summed E-state index contributed by atoms with van der Waals surface area (Å²) in [6, 6.07) is 11.8. The number of aryl methyl sites for hydroxylation is 4. The second kappa shape index (κ2) is 12.4. The van der Waals surface area contributed by atoms with Crippen molar-refractivity contribution in [3.8, 4) is 0 Å². The number of anilines is 3. The monoisotopic (exact) mass is 532 g/mol. The van der Waals surface area contributed by atoms with Gasteiger partial charge >= 0.3 is 0 Å². The Kier molecular flexibility index (Phi) is 9.55. The number of benzene rings is 2. The smallest absolute Gasteiger partial charge is 0.267 e. The molecular weight excluding hydrogens is 503 g/mol. The molecule has 1 aromatic heterocycles. The molecule has 0 aliphatic carbocycles. The fourth-order valence-electron chi connectivity index (χ4n) is 3.96. The molecule has 3 aromatic rings.